The van der Waals surface area contributed by atoms with Crippen LogP contribution in [0.2, 0.25) is 0 Å². The van der Waals surface area contributed by atoms with E-state index in [0.717, 1.165) is 24.8 Å². The van der Waals surface area contributed by atoms with E-state index in [2.05, 4.69) is 18.6 Å². The number of hydrogen-bond acceptors (Lipinski definition) is 2. The van der Waals surface area contributed by atoms with Crippen molar-refractivity contribution >= 4 is 10.0 Å². The molecule has 25 heavy (non-hydrogen) atoms. The Morgan fingerprint density at radius 1 is 1.08 bits per heavy atom. The van der Waals surface area contributed by atoms with E-state index in [1.807, 2.05) is 19.1 Å². The maximum atomic E-state index is 12.9. The average Bonchev–Trinajstić information content (AvgIpc) is 2.61. The van der Waals surface area contributed by atoms with Gasteiger partial charge < -0.3 is 0 Å². The third-order valence-electron chi connectivity index (χ3n) is 5.78. The minimum absolute atomic E-state index is 0.0425. The lowest BCUT2D eigenvalue weighted by molar-refractivity contribution is 0.215. The van der Waals surface area contributed by atoms with Gasteiger partial charge in [0.25, 0.3) is 0 Å². The van der Waals surface area contributed by atoms with Gasteiger partial charge in [-0.3, -0.25) is 0 Å². The van der Waals surface area contributed by atoms with Crippen molar-refractivity contribution in [2.75, 3.05) is 0 Å². The van der Waals surface area contributed by atoms with Crippen LogP contribution in [0.25, 0.3) is 0 Å². The Morgan fingerprint density at radius 3 is 2.32 bits per heavy atom. The fourth-order valence-corrected chi connectivity index (χ4v) is 5.38. The second-order valence-electron chi connectivity index (χ2n) is 7.79. The van der Waals surface area contributed by atoms with Gasteiger partial charge in [0, 0.05) is 6.04 Å². The number of aryl methyl sites for hydroxylation is 1. The van der Waals surface area contributed by atoms with Gasteiger partial charge in [0.15, 0.2) is 0 Å². The molecule has 2 unspecified atom stereocenters. The van der Waals surface area contributed by atoms with E-state index in [4.69, 9.17) is 0 Å². The molecule has 0 saturated heterocycles. The van der Waals surface area contributed by atoms with Crippen molar-refractivity contribution in [1.82, 2.24) is 4.72 Å². The number of unbranched alkanes of at least 4 members (excludes halogenated alkanes) is 2. The summed E-state index contributed by atoms with van der Waals surface area (Å²) in [7, 11) is -3.45. The van der Waals surface area contributed by atoms with Crippen LogP contribution in [0.5, 0.6) is 0 Å². The van der Waals surface area contributed by atoms with Crippen LogP contribution in [0, 0.1) is 18.8 Å². The van der Waals surface area contributed by atoms with Crippen molar-refractivity contribution in [3.63, 3.8) is 0 Å². The molecule has 0 aliphatic heterocycles. The summed E-state index contributed by atoms with van der Waals surface area (Å²) in [5.41, 5.74) is 1.08. The highest BCUT2D eigenvalue weighted by atomic mass is 32.2. The molecule has 1 aliphatic carbocycles. The summed E-state index contributed by atoms with van der Waals surface area (Å²) in [5, 5.41) is 0. The first kappa shape index (κ1) is 20.4. The third kappa shape index (κ3) is 6.10. The average molecular weight is 366 g/mol. The molecule has 2 atom stereocenters. The molecule has 0 aromatic heterocycles. The van der Waals surface area contributed by atoms with Crippen LogP contribution in [0.4, 0.5) is 0 Å². The quantitative estimate of drug-likeness (QED) is 0.592. The summed E-state index contributed by atoms with van der Waals surface area (Å²) in [6, 6.07) is 7.20. The van der Waals surface area contributed by atoms with Crippen LogP contribution < -0.4 is 4.72 Å². The second-order valence-corrected chi connectivity index (χ2v) is 9.51. The smallest absolute Gasteiger partial charge is 0.208 e. The van der Waals surface area contributed by atoms with Crippen LogP contribution in [-0.4, -0.2) is 14.5 Å². The topological polar surface area (TPSA) is 46.2 Å². The number of sulfonamides is 1. The van der Waals surface area contributed by atoms with Crippen molar-refractivity contribution < 1.29 is 8.42 Å². The highest BCUT2D eigenvalue weighted by Gasteiger charge is 2.30. The van der Waals surface area contributed by atoms with Crippen molar-refractivity contribution in [3.05, 3.63) is 29.8 Å². The Labute approximate surface area is 154 Å². The van der Waals surface area contributed by atoms with Gasteiger partial charge in [-0.15, -0.1) is 0 Å². The summed E-state index contributed by atoms with van der Waals surface area (Å²) in [5.74, 6) is 1.05. The van der Waals surface area contributed by atoms with Crippen LogP contribution in [0.3, 0.4) is 0 Å². The lowest BCUT2D eigenvalue weighted by Gasteiger charge is -2.34. The van der Waals surface area contributed by atoms with Crippen LogP contribution >= 0.6 is 0 Å². The summed E-state index contributed by atoms with van der Waals surface area (Å²) in [6.45, 7) is 6.42. The molecule has 1 N–H and O–H groups in total. The minimum atomic E-state index is -3.45. The van der Waals surface area contributed by atoms with Gasteiger partial charge >= 0.3 is 0 Å². The van der Waals surface area contributed by atoms with Crippen molar-refractivity contribution in [2.45, 2.75) is 89.5 Å². The van der Waals surface area contributed by atoms with E-state index >= 15 is 0 Å². The lowest BCUT2D eigenvalue weighted by Crippen LogP contribution is -2.42. The molecule has 142 valence electrons. The first-order valence-corrected chi connectivity index (χ1v) is 11.5. The first-order chi connectivity index (χ1) is 11.9. The summed E-state index contributed by atoms with van der Waals surface area (Å²) in [6.07, 6.45) is 10.8. The molecule has 1 aromatic rings. The molecule has 2 rings (SSSR count). The van der Waals surface area contributed by atoms with Gasteiger partial charge in [-0.25, -0.2) is 13.1 Å². The maximum absolute atomic E-state index is 12.9. The SMILES string of the molecule is CCCCCC(NS(=O)(=O)c1ccc(C)cc1)C(C)C1CCCCC1. The largest absolute Gasteiger partial charge is 0.240 e. The van der Waals surface area contributed by atoms with Gasteiger partial charge in [-0.1, -0.05) is 82.9 Å². The molecule has 1 aromatic carbocycles. The number of hydrogen-bond donors (Lipinski definition) is 1. The third-order valence-corrected chi connectivity index (χ3v) is 7.29. The normalized spacial score (nSPS) is 18.8. The minimum Gasteiger partial charge on any atom is -0.208 e. The monoisotopic (exact) mass is 365 g/mol. The Morgan fingerprint density at radius 2 is 1.72 bits per heavy atom. The summed E-state index contributed by atoms with van der Waals surface area (Å²) >= 11 is 0. The molecule has 3 nitrogen and oxygen atoms in total. The Balaban J connectivity index is 2.11. The molecule has 0 bridgehead atoms. The molecule has 1 saturated carbocycles. The Kier molecular flexibility index (Phi) is 7.95. The Bertz CT molecular complexity index is 603. The van der Waals surface area contributed by atoms with Gasteiger partial charge in [-0.2, -0.15) is 0 Å². The van der Waals surface area contributed by atoms with E-state index in [0.29, 0.717) is 16.7 Å². The highest BCUT2D eigenvalue weighted by molar-refractivity contribution is 7.89. The van der Waals surface area contributed by atoms with Crippen LogP contribution in [-0.2, 0) is 10.0 Å². The van der Waals surface area contributed by atoms with Crippen LogP contribution in [0.15, 0.2) is 29.2 Å². The van der Waals surface area contributed by atoms with E-state index < -0.39 is 10.0 Å². The number of nitrogens with one attached hydrogen (secondary N) is 1. The van der Waals surface area contributed by atoms with Gasteiger partial charge in [0.2, 0.25) is 10.0 Å². The number of rotatable bonds is 9. The van der Waals surface area contributed by atoms with E-state index in [1.54, 1.807) is 12.1 Å². The van der Waals surface area contributed by atoms with Gasteiger partial charge in [0.1, 0.15) is 0 Å². The van der Waals surface area contributed by atoms with Crippen molar-refractivity contribution in [3.8, 4) is 0 Å². The van der Waals surface area contributed by atoms with Gasteiger partial charge in [0.05, 0.1) is 4.90 Å². The predicted molar refractivity (Wildman–Crippen MR) is 105 cm³/mol. The first-order valence-electron chi connectivity index (χ1n) is 10.0. The Hall–Kier alpha value is -0.870. The molecule has 0 amide bonds. The zero-order valence-corrected chi connectivity index (χ0v) is 16.9. The second kappa shape index (κ2) is 9.72. The summed E-state index contributed by atoms with van der Waals surface area (Å²) < 4.78 is 28.8. The fourth-order valence-electron chi connectivity index (χ4n) is 4.02. The predicted octanol–water partition coefficient (Wildman–Crippen LogP) is 5.44. The molecule has 0 radical (unpaired) electrons. The fraction of sp³-hybridized carbons (Fsp3) is 0.714. The van der Waals surface area contributed by atoms with Crippen LogP contribution in [0.1, 0.15) is 77.2 Å². The molecule has 1 fully saturated rings. The molecular formula is C21H35NO2S. The van der Waals surface area contributed by atoms with Crippen molar-refractivity contribution in [1.29, 1.82) is 0 Å². The molecule has 0 spiro atoms. The van der Waals surface area contributed by atoms with Crippen molar-refractivity contribution in [2.24, 2.45) is 11.8 Å². The maximum Gasteiger partial charge on any atom is 0.240 e. The van der Waals surface area contributed by atoms with E-state index in [9.17, 15) is 8.42 Å². The van der Waals surface area contributed by atoms with E-state index in [1.165, 1.54) is 38.5 Å². The van der Waals surface area contributed by atoms with Gasteiger partial charge in [-0.05, 0) is 37.3 Å². The lowest BCUT2D eigenvalue weighted by atomic mass is 9.77. The molecule has 4 heteroatoms. The van der Waals surface area contributed by atoms with E-state index in [-0.39, 0.29) is 6.04 Å². The molecule has 1 aliphatic rings. The standard InChI is InChI=1S/C21H35NO2S/c1-4-5-7-12-21(18(3)19-10-8-6-9-11-19)22-25(23,24)20-15-13-17(2)14-16-20/h13-16,18-19,21-22H,4-12H2,1-3H3. The molecular weight excluding hydrogens is 330 g/mol. The summed E-state index contributed by atoms with van der Waals surface area (Å²) in [4.78, 5) is 0.384. The highest BCUT2D eigenvalue weighted by Crippen LogP contribution is 2.33. The zero-order chi connectivity index (χ0) is 18.3. The zero-order valence-electron chi connectivity index (χ0n) is 16.1. The molecule has 0 heterocycles. The number of benzene rings is 1.